The Morgan fingerprint density at radius 2 is 2.17 bits per heavy atom. The second kappa shape index (κ2) is 8.45. The van der Waals surface area contributed by atoms with Crippen LogP contribution in [0.2, 0.25) is 0 Å². The van der Waals surface area contributed by atoms with Crippen LogP contribution in [0, 0.1) is 5.92 Å². The molecule has 2 aromatic rings. The first-order chi connectivity index (χ1) is 16.9. The quantitative estimate of drug-likeness (QED) is 0.535. The van der Waals surface area contributed by atoms with Crippen molar-refractivity contribution in [3.63, 3.8) is 0 Å². The number of benzene rings is 1. The van der Waals surface area contributed by atoms with Gasteiger partial charge in [-0.2, -0.15) is 0 Å². The fourth-order valence-electron chi connectivity index (χ4n) is 5.95. The lowest BCUT2D eigenvalue weighted by Crippen LogP contribution is -2.47. The molecule has 6 nitrogen and oxygen atoms in total. The number of pyridine rings is 1. The molecule has 0 spiro atoms. The summed E-state index contributed by atoms with van der Waals surface area (Å²) in [6.45, 7) is 8.33. The minimum Gasteiger partial charge on any atom is -0.484 e. The lowest BCUT2D eigenvalue weighted by Gasteiger charge is -2.41. The minimum absolute atomic E-state index is 0.273. The van der Waals surface area contributed by atoms with Gasteiger partial charge in [0, 0.05) is 48.0 Å². The predicted octanol–water partition coefficient (Wildman–Crippen LogP) is 5.51. The van der Waals surface area contributed by atoms with Crippen molar-refractivity contribution >= 4 is 17.1 Å². The topological polar surface area (TPSA) is 69.7 Å². The highest BCUT2D eigenvalue weighted by Crippen LogP contribution is 2.42. The molecule has 35 heavy (non-hydrogen) atoms. The van der Waals surface area contributed by atoms with Crippen LogP contribution < -0.4 is 20.3 Å². The highest BCUT2D eigenvalue weighted by atomic mass is 16.5. The van der Waals surface area contributed by atoms with Crippen molar-refractivity contribution in [3.05, 3.63) is 76.9 Å². The van der Waals surface area contributed by atoms with E-state index in [1.54, 1.807) is 6.20 Å². The first-order valence-electron chi connectivity index (χ1n) is 12.7. The molecule has 2 aliphatic heterocycles. The van der Waals surface area contributed by atoms with E-state index in [1.807, 2.05) is 6.07 Å². The SMILES string of the molecule is CC1=C2NC=C(CCN3CC(C)(C)Oc4cc(Nc5ccnc6c5CCC6O)ccc43)C2CC=C1. The number of aromatic nitrogens is 1. The monoisotopic (exact) mass is 470 g/mol. The Balaban J connectivity index is 1.21. The van der Waals surface area contributed by atoms with Crippen LogP contribution in [0.3, 0.4) is 0 Å². The minimum atomic E-state index is -0.460. The van der Waals surface area contributed by atoms with Gasteiger partial charge in [0.25, 0.3) is 0 Å². The zero-order valence-corrected chi connectivity index (χ0v) is 20.8. The number of nitrogens with zero attached hydrogens (tertiary/aromatic N) is 2. The van der Waals surface area contributed by atoms with Gasteiger partial charge in [0.15, 0.2) is 0 Å². The molecule has 2 aliphatic carbocycles. The molecule has 0 bridgehead atoms. The van der Waals surface area contributed by atoms with E-state index in [4.69, 9.17) is 4.74 Å². The predicted molar refractivity (Wildman–Crippen MR) is 140 cm³/mol. The molecule has 3 N–H and O–H groups in total. The Morgan fingerprint density at radius 3 is 3.06 bits per heavy atom. The van der Waals surface area contributed by atoms with Crippen LogP contribution in [0.5, 0.6) is 5.75 Å². The maximum atomic E-state index is 10.2. The summed E-state index contributed by atoms with van der Waals surface area (Å²) in [6.07, 6.45) is 11.7. The lowest BCUT2D eigenvalue weighted by molar-refractivity contribution is 0.105. The Hall–Kier alpha value is -3.25. The van der Waals surface area contributed by atoms with Gasteiger partial charge in [-0.3, -0.25) is 4.98 Å². The van der Waals surface area contributed by atoms with Crippen LogP contribution in [-0.4, -0.2) is 28.8 Å². The number of ether oxygens (including phenoxy) is 1. The zero-order valence-electron chi connectivity index (χ0n) is 20.8. The Morgan fingerprint density at radius 1 is 1.29 bits per heavy atom. The number of hydrogen-bond acceptors (Lipinski definition) is 6. The first-order valence-corrected chi connectivity index (χ1v) is 12.7. The number of nitrogens with one attached hydrogen (secondary N) is 2. The molecule has 4 aliphatic rings. The number of allylic oxidation sites excluding steroid dienone is 4. The number of hydrogen-bond donors (Lipinski definition) is 3. The smallest absolute Gasteiger partial charge is 0.145 e. The largest absolute Gasteiger partial charge is 0.484 e. The number of aliphatic hydroxyl groups excluding tert-OH is 1. The second-order valence-electron chi connectivity index (χ2n) is 10.8. The molecule has 6 rings (SSSR count). The highest BCUT2D eigenvalue weighted by molar-refractivity contribution is 5.71. The third kappa shape index (κ3) is 4.10. The number of fused-ring (bicyclic) bond motifs is 3. The summed E-state index contributed by atoms with van der Waals surface area (Å²) in [7, 11) is 0. The maximum absolute atomic E-state index is 10.2. The van der Waals surface area contributed by atoms with Crippen LogP contribution in [-0.2, 0) is 6.42 Å². The molecule has 0 amide bonds. The van der Waals surface area contributed by atoms with Gasteiger partial charge in [0.1, 0.15) is 11.4 Å². The first kappa shape index (κ1) is 22.2. The van der Waals surface area contributed by atoms with Gasteiger partial charge in [-0.05, 0) is 81.4 Å². The van der Waals surface area contributed by atoms with Crippen molar-refractivity contribution in [1.82, 2.24) is 10.3 Å². The number of anilines is 3. The van der Waals surface area contributed by atoms with Gasteiger partial charge in [-0.1, -0.05) is 12.2 Å². The van der Waals surface area contributed by atoms with E-state index in [9.17, 15) is 5.11 Å². The van der Waals surface area contributed by atoms with Crippen LogP contribution in [0.4, 0.5) is 17.1 Å². The van der Waals surface area contributed by atoms with Crippen molar-refractivity contribution in [2.45, 2.75) is 58.2 Å². The number of aliphatic hydroxyl groups is 1. The fourth-order valence-corrected chi connectivity index (χ4v) is 5.95. The van der Waals surface area contributed by atoms with E-state index in [1.165, 1.54) is 16.8 Å². The van der Waals surface area contributed by atoms with E-state index in [2.05, 4.69) is 77.8 Å². The van der Waals surface area contributed by atoms with Gasteiger partial charge >= 0.3 is 0 Å². The average molecular weight is 471 g/mol. The third-order valence-corrected chi connectivity index (χ3v) is 7.65. The van der Waals surface area contributed by atoms with Crippen molar-refractivity contribution < 1.29 is 9.84 Å². The summed E-state index contributed by atoms with van der Waals surface area (Å²) in [5, 5.41) is 17.3. The van der Waals surface area contributed by atoms with Crippen LogP contribution in [0.25, 0.3) is 0 Å². The average Bonchev–Trinajstić information content (AvgIpc) is 3.42. The van der Waals surface area contributed by atoms with Crippen molar-refractivity contribution in [3.8, 4) is 5.75 Å². The van der Waals surface area contributed by atoms with Crippen molar-refractivity contribution in [1.29, 1.82) is 0 Å². The van der Waals surface area contributed by atoms with Gasteiger partial charge in [0.2, 0.25) is 0 Å². The number of rotatable bonds is 5. The van der Waals surface area contributed by atoms with E-state index in [-0.39, 0.29) is 5.60 Å². The Kier molecular flexibility index (Phi) is 5.37. The second-order valence-corrected chi connectivity index (χ2v) is 10.8. The summed E-state index contributed by atoms with van der Waals surface area (Å²) >= 11 is 0. The van der Waals surface area contributed by atoms with Crippen LogP contribution in [0.1, 0.15) is 57.4 Å². The van der Waals surface area contributed by atoms with Gasteiger partial charge in [0.05, 0.1) is 24.0 Å². The summed E-state index contributed by atoms with van der Waals surface area (Å²) in [6, 6.07) is 8.39. The lowest BCUT2D eigenvalue weighted by atomic mass is 9.87. The molecule has 182 valence electrons. The maximum Gasteiger partial charge on any atom is 0.145 e. The standard InChI is InChI=1S/C29H34N4O2/c1-18-5-4-6-21-19(16-31-27(18)21)12-14-33-17-29(2,3)35-26-15-20(7-9-24(26)33)32-23-11-13-30-28-22(23)8-10-25(28)34/h4-5,7,9,11,13,15-16,21,25,31,34H,6,8,10,12,14,17H2,1-3H3,(H,30,32). The molecule has 1 aromatic heterocycles. The molecule has 2 atom stereocenters. The molecule has 0 radical (unpaired) electrons. The summed E-state index contributed by atoms with van der Waals surface area (Å²) in [4.78, 5) is 6.86. The molecule has 2 unspecified atom stereocenters. The molecule has 6 heteroatoms. The molecule has 3 heterocycles. The molecule has 0 saturated heterocycles. The van der Waals surface area contributed by atoms with Crippen LogP contribution >= 0.6 is 0 Å². The molecular weight excluding hydrogens is 436 g/mol. The van der Waals surface area contributed by atoms with E-state index in [0.717, 1.165) is 72.8 Å². The van der Waals surface area contributed by atoms with E-state index in [0.29, 0.717) is 5.92 Å². The Bertz CT molecular complexity index is 1260. The normalized spacial score (nSPS) is 23.8. The molecule has 0 fully saturated rings. The molecule has 1 aromatic carbocycles. The van der Waals surface area contributed by atoms with E-state index >= 15 is 0 Å². The van der Waals surface area contributed by atoms with Crippen LogP contribution in [0.15, 0.2) is 65.7 Å². The summed E-state index contributed by atoms with van der Waals surface area (Å²) < 4.78 is 6.43. The van der Waals surface area contributed by atoms with E-state index < -0.39 is 6.10 Å². The van der Waals surface area contributed by atoms with Gasteiger partial charge in [-0.25, -0.2) is 0 Å². The zero-order chi connectivity index (χ0) is 24.2. The Labute approximate surface area is 207 Å². The summed E-state index contributed by atoms with van der Waals surface area (Å²) in [5.41, 5.74) is 8.99. The fraction of sp³-hybridized carbons (Fsp3) is 0.414. The third-order valence-electron chi connectivity index (χ3n) is 7.65. The molecular formula is C29H34N4O2. The summed E-state index contributed by atoms with van der Waals surface area (Å²) in [5.74, 6) is 1.41. The van der Waals surface area contributed by atoms with Gasteiger partial charge in [-0.15, -0.1) is 0 Å². The van der Waals surface area contributed by atoms with Crippen molar-refractivity contribution in [2.24, 2.45) is 5.92 Å². The highest BCUT2D eigenvalue weighted by Gasteiger charge is 2.33. The molecule has 0 saturated carbocycles. The van der Waals surface area contributed by atoms with Crippen molar-refractivity contribution in [2.75, 3.05) is 23.3 Å². The van der Waals surface area contributed by atoms with Gasteiger partial charge < -0.3 is 25.4 Å².